The Morgan fingerprint density at radius 3 is 1.95 bits per heavy atom. The molecule has 2 atom stereocenters. The van der Waals surface area contributed by atoms with Crippen LogP contribution in [-0.4, -0.2) is 24.0 Å². The molecule has 2 N–H and O–H groups in total. The number of nitrogens with two attached hydrogens (primary N) is 1. The topological polar surface area (TPSA) is 29.3 Å². The van der Waals surface area contributed by atoms with Crippen LogP contribution in [0.2, 0.25) is 0 Å². The van der Waals surface area contributed by atoms with Gasteiger partial charge in [0.2, 0.25) is 0 Å². The lowest BCUT2D eigenvalue weighted by Gasteiger charge is -2.26. The minimum atomic E-state index is 0.301. The Morgan fingerprint density at radius 2 is 1.45 bits per heavy atom. The molecule has 0 aromatic heterocycles. The normalized spacial score (nSPS) is 25.7. The summed E-state index contributed by atoms with van der Waals surface area (Å²) in [6.07, 6.45) is 0. The van der Waals surface area contributed by atoms with Crippen molar-refractivity contribution in [3.63, 3.8) is 0 Å². The summed E-state index contributed by atoms with van der Waals surface area (Å²) in [7, 11) is 0. The monoisotopic (exact) mass is 264 g/mol. The molecule has 0 bridgehead atoms. The molecule has 0 spiro atoms. The molecular weight excluding hydrogens is 244 g/mol. The van der Waals surface area contributed by atoms with Gasteiger partial charge in [0.25, 0.3) is 0 Å². The van der Waals surface area contributed by atoms with Crippen LogP contribution in [0.25, 0.3) is 11.1 Å². The molecule has 2 aromatic carbocycles. The second kappa shape index (κ2) is 4.44. The summed E-state index contributed by atoms with van der Waals surface area (Å²) in [6.45, 7) is 4.35. The van der Waals surface area contributed by atoms with E-state index < -0.39 is 0 Å². The van der Waals surface area contributed by atoms with E-state index in [0.717, 1.165) is 13.1 Å². The highest BCUT2D eigenvalue weighted by atomic mass is 15.2. The van der Waals surface area contributed by atoms with Crippen LogP contribution in [-0.2, 0) is 0 Å². The Bertz CT molecular complexity index is 594. The van der Waals surface area contributed by atoms with E-state index in [4.69, 9.17) is 5.73 Å². The van der Waals surface area contributed by atoms with Gasteiger partial charge in [0, 0.05) is 19.1 Å². The largest absolute Gasteiger partial charge is 0.326 e. The predicted molar refractivity (Wildman–Crippen MR) is 82.4 cm³/mol. The molecule has 0 amide bonds. The molecule has 1 heterocycles. The Labute approximate surface area is 120 Å². The van der Waals surface area contributed by atoms with E-state index in [1.54, 1.807) is 0 Å². The quantitative estimate of drug-likeness (QED) is 0.858. The first kappa shape index (κ1) is 12.1. The summed E-state index contributed by atoms with van der Waals surface area (Å²) in [5, 5.41) is 0. The van der Waals surface area contributed by atoms with Crippen molar-refractivity contribution in [1.82, 2.24) is 4.90 Å². The number of rotatable bonds is 1. The standard InChI is InChI=1S/C18H20N2/c1-12-10-20(11-17(12)19)18-15-8-4-2-6-13(15)14-7-3-5-9-16(14)18/h2-9,12,17-18H,10-11,19H2,1H3. The molecule has 0 saturated carbocycles. The van der Waals surface area contributed by atoms with Crippen LogP contribution in [0.1, 0.15) is 24.1 Å². The maximum Gasteiger partial charge on any atom is 0.0614 e. The van der Waals surface area contributed by atoms with Crippen LogP contribution in [0, 0.1) is 5.92 Å². The highest BCUT2D eigenvalue weighted by molar-refractivity contribution is 5.78. The maximum absolute atomic E-state index is 6.23. The Hall–Kier alpha value is -1.64. The van der Waals surface area contributed by atoms with E-state index in [-0.39, 0.29) is 0 Å². The minimum absolute atomic E-state index is 0.301. The van der Waals surface area contributed by atoms with Crippen LogP contribution >= 0.6 is 0 Å². The average molecular weight is 264 g/mol. The van der Waals surface area contributed by atoms with Crippen molar-refractivity contribution in [2.45, 2.75) is 19.0 Å². The highest BCUT2D eigenvalue weighted by Gasteiger charge is 2.37. The van der Waals surface area contributed by atoms with E-state index >= 15 is 0 Å². The molecule has 2 nitrogen and oxygen atoms in total. The third kappa shape index (κ3) is 1.65. The van der Waals surface area contributed by atoms with Crippen molar-refractivity contribution in [3.8, 4) is 11.1 Å². The van der Waals surface area contributed by atoms with E-state index in [0.29, 0.717) is 18.0 Å². The first-order valence-corrected chi connectivity index (χ1v) is 7.43. The molecule has 4 rings (SSSR count). The molecule has 20 heavy (non-hydrogen) atoms. The second-order valence-electron chi connectivity index (χ2n) is 6.17. The van der Waals surface area contributed by atoms with Crippen molar-refractivity contribution >= 4 is 0 Å². The summed E-state index contributed by atoms with van der Waals surface area (Å²) < 4.78 is 0. The van der Waals surface area contributed by atoms with Gasteiger partial charge in [0.15, 0.2) is 0 Å². The van der Waals surface area contributed by atoms with Gasteiger partial charge in [-0.25, -0.2) is 0 Å². The number of likely N-dealkylation sites (tertiary alicyclic amines) is 1. The maximum atomic E-state index is 6.23. The fourth-order valence-corrected chi connectivity index (χ4v) is 3.76. The number of fused-ring (bicyclic) bond motifs is 3. The second-order valence-corrected chi connectivity index (χ2v) is 6.17. The van der Waals surface area contributed by atoms with Crippen LogP contribution in [0.3, 0.4) is 0 Å². The Kier molecular flexibility index (Phi) is 2.69. The first-order valence-electron chi connectivity index (χ1n) is 7.43. The Balaban J connectivity index is 1.84. The summed E-state index contributed by atoms with van der Waals surface area (Å²) in [4.78, 5) is 2.56. The molecule has 102 valence electrons. The molecule has 2 heteroatoms. The zero-order chi connectivity index (χ0) is 13.7. The zero-order valence-electron chi connectivity index (χ0n) is 11.8. The van der Waals surface area contributed by atoms with Gasteiger partial charge < -0.3 is 5.73 Å². The molecule has 1 fully saturated rings. The fourth-order valence-electron chi connectivity index (χ4n) is 3.76. The van der Waals surface area contributed by atoms with Crippen molar-refractivity contribution in [2.24, 2.45) is 11.7 Å². The van der Waals surface area contributed by atoms with Gasteiger partial charge in [-0.1, -0.05) is 55.5 Å². The van der Waals surface area contributed by atoms with Gasteiger partial charge in [-0.15, -0.1) is 0 Å². The molecule has 2 unspecified atom stereocenters. The zero-order valence-corrected chi connectivity index (χ0v) is 11.8. The molecule has 1 saturated heterocycles. The highest BCUT2D eigenvalue weighted by Crippen LogP contribution is 2.47. The predicted octanol–water partition coefficient (Wildman–Crippen LogP) is 3.04. The third-order valence-corrected chi connectivity index (χ3v) is 4.86. The van der Waals surface area contributed by atoms with E-state index in [2.05, 4.69) is 60.4 Å². The lowest BCUT2D eigenvalue weighted by atomic mass is 10.0. The van der Waals surface area contributed by atoms with Crippen LogP contribution in [0.4, 0.5) is 0 Å². The molecule has 0 radical (unpaired) electrons. The number of hydrogen-bond donors (Lipinski definition) is 1. The third-order valence-electron chi connectivity index (χ3n) is 4.86. The van der Waals surface area contributed by atoms with E-state index in [1.165, 1.54) is 22.3 Å². The molecule has 2 aliphatic rings. The van der Waals surface area contributed by atoms with Crippen molar-refractivity contribution in [3.05, 3.63) is 59.7 Å². The first-order chi connectivity index (χ1) is 9.75. The molecule has 2 aromatic rings. The van der Waals surface area contributed by atoms with Gasteiger partial charge in [-0.2, -0.15) is 0 Å². The van der Waals surface area contributed by atoms with Crippen molar-refractivity contribution < 1.29 is 0 Å². The van der Waals surface area contributed by atoms with Crippen LogP contribution < -0.4 is 5.73 Å². The molecular formula is C18H20N2. The number of nitrogens with zero attached hydrogens (tertiary/aromatic N) is 1. The summed E-state index contributed by atoms with van der Waals surface area (Å²) in [5.41, 5.74) is 11.9. The van der Waals surface area contributed by atoms with Gasteiger partial charge >= 0.3 is 0 Å². The number of hydrogen-bond acceptors (Lipinski definition) is 2. The molecule has 1 aliphatic carbocycles. The van der Waals surface area contributed by atoms with E-state index in [1.807, 2.05) is 0 Å². The van der Waals surface area contributed by atoms with Gasteiger partial charge in [0.05, 0.1) is 6.04 Å². The summed E-state index contributed by atoms with van der Waals surface area (Å²) in [6, 6.07) is 18.3. The number of benzene rings is 2. The van der Waals surface area contributed by atoms with Gasteiger partial charge in [-0.3, -0.25) is 4.90 Å². The summed E-state index contributed by atoms with van der Waals surface area (Å²) in [5.74, 6) is 0.579. The van der Waals surface area contributed by atoms with E-state index in [9.17, 15) is 0 Å². The van der Waals surface area contributed by atoms with Crippen molar-refractivity contribution in [2.75, 3.05) is 13.1 Å². The van der Waals surface area contributed by atoms with Gasteiger partial charge in [0.1, 0.15) is 0 Å². The van der Waals surface area contributed by atoms with Crippen LogP contribution in [0.15, 0.2) is 48.5 Å². The lowest BCUT2D eigenvalue weighted by molar-refractivity contribution is 0.275. The smallest absolute Gasteiger partial charge is 0.0614 e. The van der Waals surface area contributed by atoms with Crippen molar-refractivity contribution in [1.29, 1.82) is 0 Å². The summed E-state index contributed by atoms with van der Waals surface area (Å²) >= 11 is 0. The van der Waals surface area contributed by atoms with Gasteiger partial charge in [-0.05, 0) is 28.2 Å². The average Bonchev–Trinajstić information content (AvgIpc) is 2.97. The van der Waals surface area contributed by atoms with Crippen LogP contribution in [0.5, 0.6) is 0 Å². The fraction of sp³-hybridized carbons (Fsp3) is 0.333. The minimum Gasteiger partial charge on any atom is -0.326 e. The SMILES string of the molecule is CC1CN(C2c3ccccc3-c3ccccc32)CC1N. The lowest BCUT2D eigenvalue weighted by Crippen LogP contribution is -2.30. The Morgan fingerprint density at radius 1 is 0.900 bits per heavy atom. The molecule has 1 aliphatic heterocycles.